The molecule has 0 aromatic carbocycles. The molecule has 5 unspecified atom stereocenters. The molecule has 3 saturated heterocycles. The molecule has 0 aromatic rings. The maximum absolute atomic E-state index is 12.6. The molecule has 2 N–H and O–H groups in total. The first-order valence-electron chi connectivity index (χ1n) is 9.12. The highest BCUT2D eigenvalue weighted by atomic mass is 35.5. The molecule has 134 valence electrons. The van der Waals surface area contributed by atoms with Crippen molar-refractivity contribution in [2.45, 2.75) is 82.0 Å². The largest absolute Gasteiger partial charge is 0.350 e. The maximum atomic E-state index is 12.6. The summed E-state index contributed by atoms with van der Waals surface area (Å²) >= 11 is 0. The van der Waals surface area contributed by atoms with Crippen LogP contribution in [0.2, 0.25) is 0 Å². The van der Waals surface area contributed by atoms with Crippen LogP contribution in [-0.2, 0) is 4.79 Å². The second-order valence-electron chi connectivity index (χ2n) is 7.61. The summed E-state index contributed by atoms with van der Waals surface area (Å²) in [6.07, 6.45) is 11.4. The molecule has 0 bridgehead atoms. The first kappa shape index (κ1) is 19.3. The predicted molar refractivity (Wildman–Crippen MR) is 97.5 cm³/mol. The molecule has 4 nitrogen and oxygen atoms in total. The van der Waals surface area contributed by atoms with Crippen LogP contribution < -0.4 is 10.6 Å². The quantitative estimate of drug-likeness (QED) is 0.791. The third kappa shape index (κ3) is 3.97. The van der Waals surface area contributed by atoms with E-state index in [2.05, 4.69) is 15.5 Å². The number of fused-ring (bicyclic) bond motifs is 2. The summed E-state index contributed by atoms with van der Waals surface area (Å²) < 4.78 is 0. The zero-order chi connectivity index (χ0) is 14.2. The van der Waals surface area contributed by atoms with Crippen LogP contribution in [0.15, 0.2) is 0 Å². The Balaban J connectivity index is 0.000000960. The normalized spacial score (nSPS) is 39.6. The number of hydrogen-bond donors (Lipinski definition) is 2. The van der Waals surface area contributed by atoms with Crippen molar-refractivity contribution in [3.63, 3.8) is 0 Å². The second-order valence-corrected chi connectivity index (χ2v) is 7.61. The van der Waals surface area contributed by atoms with Gasteiger partial charge in [0.1, 0.15) is 0 Å². The molecule has 23 heavy (non-hydrogen) atoms. The summed E-state index contributed by atoms with van der Waals surface area (Å²) in [5.74, 6) is 1.03. The van der Waals surface area contributed by atoms with Gasteiger partial charge in [0.25, 0.3) is 0 Å². The van der Waals surface area contributed by atoms with E-state index < -0.39 is 0 Å². The lowest BCUT2D eigenvalue weighted by Gasteiger charge is -2.33. The number of piperidine rings is 1. The summed E-state index contributed by atoms with van der Waals surface area (Å²) in [5.41, 5.74) is 0. The monoisotopic (exact) mass is 363 g/mol. The third-order valence-corrected chi connectivity index (χ3v) is 6.36. The van der Waals surface area contributed by atoms with Crippen molar-refractivity contribution in [1.82, 2.24) is 15.5 Å². The number of rotatable bonds is 2. The Labute approximate surface area is 152 Å². The zero-order valence-electron chi connectivity index (χ0n) is 13.8. The van der Waals surface area contributed by atoms with Crippen LogP contribution in [0.1, 0.15) is 57.8 Å². The molecule has 4 rings (SSSR count). The van der Waals surface area contributed by atoms with Crippen LogP contribution >= 0.6 is 24.8 Å². The van der Waals surface area contributed by atoms with Crippen LogP contribution in [-0.4, -0.2) is 48.1 Å². The van der Waals surface area contributed by atoms with Crippen molar-refractivity contribution >= 4 is 30.7 Å². The van der Waals surface area contributed by atoms with Crippen LogP contribution in [0.5, 0.6) is 0 Å². The number of carbonyl (C=O) groups excluding carboxylic acids is 1. The van der Waals surface area contributed by atoms with Crippen LogP contribution in [0.3, 0.4) is 0 Å². The van der Waals surface area contributed by atoms with Gasteiger partial charge in [0, 0.05) is 24.7 Å². The average Bonchev–Trinajstić information content (AvgIpc) is 3.11. The Morgan fingerprint density at radius 1 is 0.957 bits per heavy atom. The van der Waals surface area contributed by atoms with Gasteiger partial charge in [0.15, 0.2) is 0 Å². The molecule has 0 radical (unpaired) electrons. The lowest BCUT2D eigenvalue weighted by atomic mass is 9.85. The van der Waals surface area contributed by atoms with Crippen LogP contribution in [0, 0.1) is 5.92 Å². The molecule has 1 aliphatic carbocycles. The topological polar surface area (TPSA) is 44.4 Å². The Morgan fingerprint density at radius 3 is 2.57 bits per heavy atom. The van der Waals surface area contributed by atoms with Gasteiger partial charge >= 0.3 is 0 Å². The average molecular weight is 364 g/mol. The summed E-state index contributed by atoms with van der Waals surface area (Å²) in [7, 11) is 0. The number of carbonyl (C=O) groups is 1. The minimum absolute atomic E-state index is 0. The van der Waals surface area contributed by atoms with E-state index in [4.69, 9.17) is 0 Å². The van der Waals surface area contributed by atoms with E-state index in [1.165, 1.54) is 58.0 Å². The maximum Gasteiger partial charge on any atom is 0.237 e. The SMILES string of the molecule is Cl.Cl.O=C(NC1CCN2CCCCC12)C1CC2CCCCC2N1. The highest BCUT2D eigenvalue weighted by molar-refractivity contribution is 5.85. The minimum Gasteiger partial charge on any atom is -0.350 e. The van der Waals surface area contributed by atoms with E-state index in [9.17, 15) is 4.79 Å². The minimum atomic E-state index is 0. The van der Waals surface area contributed by atoms with Gasteiger partial charge in [-0.25, -0.2) is 0 Å². The fourth-order valence-corrected chi connectivity index (χ4v) is 5.22. The molecule has 5 atom stereocenters. The van der Waals surface area contributed by atoms with Gasteiger partial charge in [-0.2, -0.15) is 0 Å². The van der Waals surface area contributed by atoms with Gasteiger partial charge in [0.2, 0.25) is 5.91 Å². The molecular formula is C17H31Cl2N3O. The van der Waals surface area contributed by atoms with Crippen molar-refractivity contribution in [3.8, 4) is 0 Å². The van der Waals surface area contributed by atoms with E-state index in [-0.39, 0.29) is 36.8 Å². The first-order valence-corrected chi connectivity index (χ1v) is 9.12. The smallest absolute Gasteiger partial charge is 0.237 e. The Bertz CT molecular complexity index is 395. The summed E-state index contributed by atoms with van der Waals surface area (Å²) in [6, 6.07) is 1.72. The van der Waals surface area contributed by atoms with Crippen molar-refractivity contribution in [2.75, 3.05) is 13.1 Å². The lowest BCUT2D eigenvalue weighted by molar-refractivity contribution is -0.123. The molecular weight excluding hydrogens is 333 g/mol. The Kier molecular flexibility index (Phi) is 7.02. The lowest BCUT2D eigenvalue weighted by Crippen LogP contribution is -2.51. The fourth-order valence-electron chi connectivity index (χ4n) is 5.22. The standard InChI is InChI=1S/C17H29N3O.2ClH/c21-17(15-11-12-5-1-2-6-13(12)18-15)19-14-8-10-20-9-4-3-7-16(14)20;;/h12-16,18H,1-11H2,(H,19,21);2*1H. The van der Waals surface area contributed by atoms with E-state index in [0.29, 0.717) is 18.1 Å². The van der Waals surface area contributed by atoms with Crippen LogP contribution in [0.25, 0.3) is 0 Å². The molecule has 0 aromatic heterocycles. The van der Waals surface area contributed by atoms with Crippen molar-refractivity contribution in [3.05, 3.63) is 0 Å². The van der Waals surface area contributed by atoms with E-state index in [1.807, 2.05) is 0 Å². The third-order valence-electron chi connectivity index (χ3n) is 6.36. The Hall–Kier alpha value is -0.0300. The van der Waals surface area contributed by atoms with Gasteiger partial charge in [-0.1, -0.05) is 19.3 Å². The highest BCUT2D eigenvalue weighted by Crippen LogP contribution is 2.33. The molecule has 1 saturated carbocycles. The molecule has 3 heterocycles. The van der Waals surface area contributed by atoms with Gasteiger partial charge in [-0.15, -0.1) is 24.8 Å². The molecule has 4 aliphatic rings. The van der Waals surface area contributed by atoms with Crippen molar-refractivity contribution in [2.24, 2.45) is 5.92 Å². The molecule has 1 amide bonds. The van der Waals surface area contributed by atoms with Crippen molar-refractivity contribution < 1.29 is 4.79 Å². The van der Waals surface area contributed by atoms with E-state index in [0.717, 1.165) is 18.8 Å². The van der Waals surface area contributed by atoms with Gasteiger partial charge in [0.05, 0.1) is 6.04 Å². The van der Waals surface area contributed by atoms with Gasteiger partial charge < -0.3 is 10.6 Å². The predicted octanol–water partition coefficient (Wildman–Crippen LogP) is 2.49. The van der Waals surface area contributed by atoms with Gasteiger partial charge in [-0.3, -0.25) is 9.69 Å². The number of amides is 1. The number of nitrogens with zero attached hydrogens (tertiary/aromatic N) is 1. The summed E-state index contributed by atoms with van der Waals surface area (Å²) in [6.45, 7) is 2.42. The number of nitrogens with one attached hydrogen (secondary N) is 2. The zero-order valence-corrected chi connectivity index (χ0v) is 15.5. The highest BCUT2D eigenvalue weighted by Gasteiger charge is 2.41. The second kappa shape index (κ2) is 8.37. The number of hydrogen-bond acceptors (Lipinski definition) is 3. The fraction of sp³-hybridized carbons (Fsp3) is 0.941. The molecule has 3 aliphatic heterocycles. The van der Waals surface area contributed by atoms with E-state index >= 15 is 0 Å². The van der Waals surface area contributed by atoms with E-state index in [1.54, 1.807) is 0 Å². The Morgan fingerprint density at radius 2 is 1.74 bits per heavy atom. The van der Waals surface area contributed by atoms with Gasteiger partial charge in [-0.05, 0) is 51.0 Å². The van der Waals surface area contributed by atoms with Crippen LogP contribution in [0.4, 0.5) is 0 Å². The first-order chi connectivity index (χ1) is 10.3. The molecule has 0 spiro atoms. The molecule has 4 fully saturated rings. The summed E-state index contributed by atoms with van der Waals surface area (Å²) in [4.78, 5) is 15.2. The number of halogens is 2. The molecule has 6 heteroatoms. The van der Waals surface area contributed by atoms with Crippen molar-refractivity contribution in [1.29, 1.82) is 0 Å². The summed E-state index contributed by atoms with van der Waals surface area (Å²) in [5, 5.41) is 7.00.